The van der Waals surface area contributed by atoms with Crippen LogP contribution in [0.2, 0.25) is 0 Å². The number of anilines is 1. The Hall–Kier alpha value is -1.66. The van der Waals surface area contributed by atoms with E-state index in [0.29, 0.717) is 25.3 Å². The molecule has 2 heterocycles. The number of pyridine rings is 1. The van der Waals surface area contributed by atoms with Gasteiger partial charge in [-0.05, 0) is 18.9 Å². The van der Waals surface area contributed by atoms with Crippen molar-refractivity contribution in [1.29, 1.82) is 0 Å². The number of ether oxygens (including phenoxy) is 2. The van der Waals surface area contributed by atoms with E-state index in [2.05, 4.69) is 15.6 Å². The van der Waals surface area contributed by atoms with Crippen LogP contribution in [0, 0.1) is 0 Å². The highest BCUT2D eigenvalue weighted by molar-refractivity contribution is 5.94. The molecule has 6 nitrogen and oxygen atoms in total. The van der Waals surface area contributed by atoms with Crippen molar-refractivity contribution >= 4 is 11.6 Å². The number of hydrogen-bond donors (Lipinski definition) is 2. The summed E-state index contributed by atoms with van der Waals surface area (Å²) in [6, 6.07) is 1.79. The maximum atomic E-state index is 12.0. The van der Waals surface area contributed by atoms with Crippen LogP contribution in [-0.4, -0.2) is 50.4 Å². The Balaban J connectivity index is 1.83. The number of rotatable bonds is 7. The van der Waals surface area contributed by atoms with Crippen molar-refractivity contribution in [2.45, 2.75) is 18.9 Å². The Morgan fingerprint density at radius 1 is 1.55 bits per heavy atom. The first-order chi connectivity index (χ1) is 9.79. The van der Waals surface area contributed by atoms with Gasteiger partial charge in [-0.1, -0.05) is 0 Å². The van der Waals surface area contributed by atoms with Crippen LogP contribution in [0.4, 0.5) is 5.69 Å². The number of carbonyl (C=O) groups is 1. The number of nitrogens with one attached hydrogen (secondary N) is 2. The topological polar surface area (TPSA) is 72.5 Å². The molecule has 1 unspecified atom stereocenters. The summed E-state index contributed by atoms with van der Waals surface area (Å²) in [6.45, 7) is 2.63. The van der Waals surface area contributed by atoms with Gasteiger partial charge in [0.15, 0.2) is 0 Å². The van der Waals surface area contributed by atoms with E-state index >= 15 is 0 Å². The largest absolute Gasteiger partial charge is 0.383 e. The van der Waals surface area contributed by atoms with Crippen LogP contribution in [0.5, 0.6) is 0 Å². The molecular weight excluding hydrogens is 258 g/mol. The first-order valence-corrected chi connectivity index (χ1v) is 6.87. The lowest BCUT2D eigenvalue weighted by atomic mass is 10.2. The summed E-state index contributed by atoms with van der Waals surface area (Å²) in [4.78, 5) is 16.1. The summed E-state index contributed by atoms with van der Waals surface area (Å²) >= 11 is 0. The minimum absolute atomic E-state index is 0.122. The second-order valence-corrected chi connectivity index (χ2v) is 4.73. The second-order valence-electron chi connectivity index (χ2n) is 4.73. The van der Waals surface area contributed by atoms with Gasteiger partial charge in [-0.25, -0.2) is 0 Å². The lowest BCUT2D eigenvalue weighted by Gasteiger charge is -2.11. The van der Waals surface area contributed by atoms with Gasteiger partial charge in [0.2, 0.25) is 0 Å². The van der Waals surface area contributed by atoms with Crippen molar-refractivity contribution in [3.8, 4) is 0 Å². The van der Waals surface area contributed by atoms with E-state index in [1.165, 1.54) is 0 Å². The summed E-state index contributed by atoms with van der Waals surface area (Å²) < 4.78 is 10.4. The van der Waals surface area contributed by atoms with Crippen LogP contribution in [0.3, 0.4) is 0 Å². The van der Waals surface area contributed by atoms with Gasteiger partial charge in [-0.2, -0.15) is 0 Å². The monoisotopic (exact) mass is 279 g/mol. The van der Waals surface area contributed by atoms with Crippen LogP contribution < -0.4 is 10.6 Å². The van der Waals surface area contributed by atoms with E-state index in [0.717, 1.165) is 25.1 Å². The number of amides is 1. The number of hydrogen-bond acceptors (Lipinski definition) is 5. The second kappa shape index (κ2) is 7.81. The average Bonchev–Trinajstić information content (AvgIpc) is 2.99. The highest BCUT2D eigenvalue weighted by Crippen LogP contribution is 2.11. The molecule has 0 aromatic carbocycles. The number of methoxy groups -OCH3 is 1. The summed E-state index contributed by atoms with van der Waals surface area (Å²) in [5.41, 5.74) is 1.36. The summed E-state index contributed by atoms with van der Waals surface area (Å²) in [5, 5.41) is 6.02. The molecule has 1 aliphatic rings. The third kappa shape index (κ3) is 4.47. The molecule has 110 valence electrons. The van der Waals surface area contributed by atoms with Gasteiger partial charge < -0.3 is 20.1 Å². The van der Waals surface area contributed by atoms with Crippen molar-refractivity contribution in [1.82, 2.24) is 10.3 Å². The Bertz CT molecular complexity index is 433. The Morgan fingerprint density at radius 2 is 2.45 bits per heavy atom. The quantitative estimate of drug-likeness (QED) is 0.730. The molecule has 1 fully saturated rings. The van der Waals surface area contributed by atoms with Crippen LogP contribution >= 0.6 is 0 Å². The van der Waals surface area contributed by atoms with Crippen molar-refractivity contribution in [2.75, 3.05) is 38.7 Å². The highest BCUT2D eigenvalue weighted by Gasteiger charge is 2.16. The lowest BCUT2D eigenvalue weighted by Crippen LogP contribution is -2.31. The first-order valence-electron chi connectivity index (χ1n) is 6.87. The highest BCUT2D eigenvalue weighted by atomic mass is 16.5. The maximum absolute atomic E-state index is 12.0. The zero-order valence-corrected chi connectivity index (χ0v) is 11.7. The van der Waals surface area contributed by atoms with E-state index in [9.17, 15) is 4.79 Å². The standard InChI is InChI=1S/C14H21N3O3/c1-19-6-4-16-12-7-11(8-15-9-12)14(18)17-10-13-3-2-5-20-13/h7-9,13,16H,2-6,10H2,1H3,(H,17,18). The van der Waals surface area contributed by atoms with Crippen molar-refractivity contribution in [2.24, 2.45) is 0 Å². The molecule has 20 heavy (non-hydrogen) atoms. The Labute approximate surface area is 118 Å². The molecule has 1 aromatic heterocycles. The molecule has 2 rings (SSSR count). The van der Waals surface area contributed by atoms with E-state index in [1.807, 2.05) is 0 Å². The lowest BCUT2D eigenvalue weighted by molar-refractivity contribution is 0.0857. The van der Waals surface area contributed by atoms with Gasteiger partial charge in [0.1, 0.15) is 0 Å². The summed E-state index contributed by atoms with van der Waals surface area (Å²) in [6.07, 6.45) is 5.48. The fourth-order valence-electron chi connectivity index (χ4n) is 2.07. The van der Waals surface area contributed by atoms with Crippen molar-refractivity contribution in [3.05, 3.63) is 24.0 Å². The van der Waals surface area contributed by atoms with Crippen molar-refractivity contribution < 1.29 is 14.3 Å². The van der Waals surface area contributed by atoms with E-state index in [1.54, 1.807) is 25.6 Å². The first kappa shape index (κ1) is 14.7. The van der Waals surface area contributed by atoms with Gasteiger partial charge in [0.05, 0.1) is 24.0 Å². The molecule has 0 radical (unpaired) electrons. The van der Waals surface area contributed by atoms with Crippen LogP contribution in [-0.2, 0) is 9.47 Å². The predicted octanol–water partition coefficient (Wildman–Crippen LogP) is 1.05. The minimum Gasteiger partial charge on any atom is -0.383 e. The smallest absolute Gasteiger partial charge is 0.253 e. The fraction of sp³-hybridized carbons (Fsp3) is 0.571. The SMILES string of the molecule is COCCNc1cncc(C(=O)NCC2CCCO2)c1. The molecule has 0 spiro atoms. The fourth-order valence-corrected chi connectivity index (χ4v) is 2.07. The summed E-state index contributed by atoms with van der Waals surface area (Å²) in [7, 11) is 1.65. The van der Waals surface area contributed by atoms with Gasteiger partial charge in [0, 0.05) is 39.2 Å². The summed E-state index contributed by atoms with van der Waals surface area (Å²) in [5.74, 6) is -0.122. The van der Waals surface area contributed by atoms with Crippen LogP contribution in [0.1, 0.15) is 23.2 Å². The number of carbonyl (C=O) groups excluding carboxylic acids is 1. The molecular formula is C14H21N3O3. The normalized spacial score (nSPS) is 17.9. The van der Waals surface area contributed by atoms with Gasteiger partial charge >= 0.3 is 0 Å². The zero-order valence-electron chi connectivity index (χ0n) is 11.7. The van der Waals surface area contributed by atoms with Gasteiger partial charge in [-0.15, -0.1) is 0 Å². The van der Waals surface area contributed by atoms with E-state index in [4.69, 9.17) is 9.47 Å². The van der Waals surface area contributed by atoms with Gasteiger partial charge in [0.25, 0.3) is 5.91 Å². The number of nitrogens with zero attached hydrogens (tertiary/aromatic N) is 1. The molecule has 1 aliphatic heterocycles. The Kier molecular flexibility index (Phi) is 5.76. The molecule has 1 aromatic rings. The minimum atomic E-state index is -0.122. The molecule has 0 aliphatic carbocycles. The van der Waals surface area contributed by atoms with Crippen LogP contribution in [0.25, 0.3) is 0 Å². The van der Waals surface area contributed by atoms with E-state index < -0.39 is 0 Å². The molecule has 1 saturated heterocycles. The molecule has 0 saturated carbocycles. The third-order valence-electron chi connectivity index (χ3n) is 3.15. The zero-order chi connectivity index (χ0) is 14.2. The third-order valence-corrected chi connectivity index (χ3v) is 3.15. The maximum Gasteiger partial charge on any atom is 0.253 e. The predicted molar refractivity (Wildman–Crippen MR) is 75.9 cm³/mol. The molecule has 0 bridgehead atoms. The molecule has 6 heteroatoms. The van der Waals surface area contributed by atoms with E-state index in [-0.39, 0.29) is 12.0 Å². The average molecular weight is 279 g/mol. The van der Waals surface area contributed by atoms with Crippen molar-refractivity contribution in [3.63, 3.8) is 0 Å². The molecule has 1 atom stereocenters. The molecule has 1 amide bonds. The number of aromatic nitrogens is 1. The Morgan fingerprint density at radius 3 is 3.20 bits per heavy atom. The van der Waals surface area contributed by atoms with Gasteiger partial charge in [-0.3, -0.25) is 9.78 Å². The molecule has 2 N–H and O–H groups in total. The van der Waals surface area contributed by atoms with Crippen LogP contribution in [0.15, 0.2) is 18.5 Å².